The number of benzene rings is 3. The largest absolute Gasteiger partial charge is 0.465 e. The number of rotatable bonds is 3. The van der Waals surface area contributed by atoms with Gasteiger partial charge in [0.1, 0.15) is 0 Å². The molecule has 4 heteroatoms. The lowest BCUT2D eigenvalue weighted by Gasteiger charge is -2.42. The Bertz CT molecular complexity index is 1190. The maximum atomic E-state index is 12.5. The van der Waals surface area contributed by atoms with Gasteiger partial charge in [-0.15, -0.1) is 0 Å². The smallest absolute Gasteiger partial charge is 0.340 e. The summed E-state index contributed by atoms with van der Waals surface area (Å²) >= 11 is 6.32. The zero-order valence-electron chi connectivity index (χ0n) is 20.3. The number of esters is 1. The molecule has 3 nitrogen and oxygen atoms in total. The molecule has 0 saturated carbocycles. The Morgan fingerprint density at radius 3 is 2.36 bits per heavy atom. The predicted molar refractivity (Wildman–Crippen MR) is 137 cm³/mol. The van der Waals surface area contributed by atoms with Crippen LogP contribution in [0.2, 0.25) is 5.02 Å². The summed E-state index contributed by atoms with van der Waals surface area (Å²) in [5.41, 5.74) is 7.27. The van der Waals surface area contributed by atoms with Crippen LogP contribution < -0.4 is 5.32 Å². The third-order valence-electron chi connectivity index (χ3n) is 6.61. The van der Waals surface area contributed by atoms with E-state index in [-0.39, 0.29) is 22.8 Å². The van der Waals surface area contributed by atoms with Crippen LogP contribution in [-0.2, 0) is 16.6 Å². The number of carbonyl (C=O) groups excluding carboxylic acids is 1. The van der Waals surface area contributed by atoms with Crippen LogP contribution in [0.5, 0.6) is 0 Å². The van der Waals surface area contributed by atoms with Gasteiger partial charge in [0.05, 0.1) is 24.4 Å². The fraction of sp³-hybridized carbons (Fsp3) is 0.345. The number of ether oxygens (including phenoxy) is 1. The highest BCUT2D eigenvalue weighted by molar-refractivity contribution is 6.31. The highest BCUT2D eigenvalue weighted by atomic mass is 35.5. The molecule has 4 rings (SSSR count). The quantitative estimate of drug-likeness (QED) is 0.404. The van der Waals surface area contributed by atoms with Crippen molar-refractivity contribution in [1.29, 1.82) is 0 Å². The Morgan fingerprint density at radius 2 is 1.73 bits per heavy atom. The Hall–Kier alpha value is -2.78. The second-order valence-electron chi connectivity index (χ2n) is 10.7. The highest BCUT2D eigenvalue weighted by Crippen LogP contribution is 2.47. The maximum absolute atomic E-state index is 12.5. The van der Waals surface area contributed by atoms with Crippen molar-refractivity contribution in [1.82, 2.24) is 0 Å². The summed E-state index contributed by atoms with van der Waals surface area (Å²) in [7, 11) is 1.40. The summed E-state index contributed by atoms with van der Waals surface area (Å²) in [6.45, 7) is 11.2. The predicted octanol–water partition coefficient (Wildman–Crippen LogP) is 7.83. The molecule has 0 bridgehead atoms. The minimum Gasteiger partial charge on any atom is -0.465 e. The zero-order chi connectivity index (χ0) is 24.0. The first kappa shape index (κ1) is 23.4. The van der Waals surface area contributed by atoms with Gasteiger partial charge >= 0.3 is 5.97 Å². The molecule has 33 heavy (non-hydrogen) atoms. The SMILES string of the molecule is COC(=O)c1cc(Cl)cc2c1NC(c1cccc(-c3ccc(C(C)(C)C)cc3)c1)C(C)(C)C2. The third-order valence-corrected chi connectivity index (χ3v) is 6.83. The summed E-state index contributed by atoms with van der Waals surface area (Å²) in [6.07, 6.45) is 0.801. The van der Waals surface area contributed by atoms with E-state index in [1.807, 2.05) is 6.07 Å². The molecule has 3 aromatic carbocycles. The van der Waals surface area contributed by atoms with Crippen molar-refractivity contribution >= 4 is 23.3 Å². The molecule has 172 valence electrons. The summed E-state index contributed by atoms with van der Waals surface area (Å²) in [5, 5.41) is 4.21. The van der Waals surface area contributed by atoms with E-state index in [1.165, 1.54) is 29.4 Å². The molecular formula is C29H32ClNO2. The van der Waals surface area contributed by atoms with E-state index in [1.54, 1.807) is 6.07 Å². The van der Waals surface area contributed by atoms with Crippen molar-refractivity contribution in [3.05, 3.63) is 87.9 Å². The molecule has 1 heterocycles. The molecular weight excluding hydrogens is 430 g/mol. The van der Waals surface area contributed by atoms with E-state index in [2.05, 4.69) is 88.5 Å². The molecule has 0 aliphatic carbocycles. The molecule has 1 aliphatic rings. The molecule has 1 N–H and O–H groups in total. The van der Waals surface area contributed by atoms with Crippen LogP contribution in [0.3, 0.4) is 0 Å². The van der Waals surface area contributed by atoms with Crippen molar-refractivity contribution in [3.63, 3.8) is 0 Å². The Labute approximate surface area is 202 Å². The van der Waals surface area contributed by atoms with Crippen LogP contribution in [0.4, 0.5) is 5.69 Å². The van der Waals surface area contributed by atoms with Crippen LogP contribution in [0, 0.1) is 5.41 Å². The van der Waals surface area contributed by atoms with Crippen LogP contribution in [0.1, 0.15) is 67.7 Å². The fourth-order valence-corrected chi connectivity index (χ4v) is 5.01. The van der Waals surface area contributed by atoms with Gasteiger partial charge in [0, 0.05) is 5.02 Å². The lowest BCUT2D eigenvalue weighted by atomic mass is 9.72. The Kier molecular flexibility index (Phi) is 6.05. The van der Waals surface area contributed by atoms with Gasteiger partial charge in [0.2, 0.25) is 0 Å². The lowest BCUT2D eigenvalue weighted by Crippen LogP contribution is -2.35. The number of fused-ring (bicyclic) bond motifs is 1. The molecule has 0 aromatic heterocycles. The van der Waals surface area contributed by atoms with Gasteiger partial charge < -0.3 is 10.1 Å². The number of hydrogen-bond donors (Lipinski definition) is 1. The lowest BCUT2D eigenvalue weighted by molar-refractivity contribution is 0.0601. The second kappa shape index (κ2) is 8.53. The van der Waals surface area contributed by atoms with Gasteiger partial charge in [-0.25, -0.2) is 4.79 Å². The number of halogens is 1. The normalized spacial score (nSPS) is 17.1. The van der Waals surface area contributed by atoms with E-state index in [9.17, 15) is 4.79 Å². The highest BCUT2D eigenvalue weighted by Gasteiger charge is 2.38. The Balaban J connectivity index is 1.73. The van der Waals surface area contributed by atoms with Crippen molar-refractivity contribution in [2.45, 2.75) is 52.5 Å². The van der Waals surface area contributed by atoms with E-state index in [0.29, 0.717) is 10.6 Å². The van der Waals surface area contributed by atoms with Crippen LogP contribution in [0.15, 0.2) is 60.7 Å². The third kappa shape index (κ3) is 4.65. The minimum atomic E-state index is -0.382. The van der Waals surface area contributed by atoms with Crippen molar-refractivity contribution in [2.75, 3.05) is 12.4 Å². The molecule has 1 aliphatic heterocycles. The zero-order valence-corrected chi connectivity index (χ0v) is 21.0. The standard InChI is InChI=1S/C29H32ClNO2/c1-28(2,3)22-12-10-18(11-13-22)19-8-7-9-20(14-19)26-29(4,5)17-21-15-23(30)16-24(25(21)31-26)27(32)33-6/h7-16,26,31H,17H2,1-6H3. The number of carbonyl (C=O) groups is 1. The number of anilines is 1. The molecule has 1 unspecified atom stereocenters. The van der Waals surface area contributed by atoms with E-state index in [4.69, 9.17) is 16.3 Å². The maximum Gasteiger partial charge on any atom is 0.340 e. The number of hydrogen-bond acceptors (Lipinski definition) is 3. The number of methoxy groups -OCH3 is 1. The average Bonchev–Trinajstić information content (AvgIpc) is 2.76. The van der Waals surface area contributed by atoms with E-state index >= 15 is 0 Å². The number of nitrogens with one attached hydrogen (secondary N) is 1. The first-order valence-electron chi connectivity index (χ1n) is 11.4. The van der Waals surface area contributed by atoms with Gasteiger partial charge in [0.15, 0.2) is 0 Å². The summed E-state index contributed by atoms with van der Waals surface area (Å²) in [4.78, 5) is 12.5. The topological polar surface area (TPSA) is 38.3 Å². The molecule has 1 atom stereocenters. The van der Waals surface area contributed by atoms with Gasteiger partial charge in [-0.05, 0) is 63.3 Å². The Morgan fingerprint density at radius 1 is 1.03 bits per heavy atom. The average molecular weight is 462 g/mol. The molecule has 0 fully saturated rings. The second-order valence-corrected chi connectivity index (χ2v) is 11.1. The first-order chi connectivity index (χ1) is 15.5. The van der Waals surface area contributed by atoms with Gasteiger partial charge in [-0.2, -0.15) is 0 Å². The van der Waals surface area contributed by atoms with Crippen LogP contribution in [-0.4, -0.2) is 13.1 Å². The molecule has 3 aromatic rings. The van der Waals surface area contributed by atoms with E-state index in [0.717, 1.165) is 17.7 Å². The first-order valence-corrected chi connectivity index (χ1v) is 11.8. The fourth-order valence-electron chi connectivity index (χ4n) is 4.77. The minimum absolute atomic E-state index is 0.0309. The molecule has 0 saturated heterocycles. The van der Waals surface area contributed by atoms with Crippen LogP contribution >= 0.6 is 11.6 Å². The molecule has 0 radical (unpaired) electrons. The van der Waals surface area contributed by atoms with E-state index < -0.39 is 0 Å². The van der Waals surface area contributed by atoms with Crippen molar-refractivity contribution < 1.29 is 9.53 Å². The van der Waals surface area contributed by atoms with Crippen molar-refractivity contribution in [2.24, 2.45) is 5.41 Å². The molecule has 0 spiro atoms. The van der Waals surface area contributed by atoms with Gasteiger partial charge in [-0.1, -0.05) is 88.7 Å². The summed E-state index contributed by atoms with van der Waals surface area (Å²) < 4.78 is 5.02. The van der Waals surface area contributed by atoms with Crippen molar-refractivity contribution in [3.8, 4) is 11.1 Å². The summed E-state index contributed by atoms with van der Waals surface area (Å²) in [5.74, 6) is -0.382. The van der Waals surface area contributed by atoms with Crippen LogP contribution in [0.25, 0.3) is 11.1 Å². The monoisotopic (exact) mass is 461 g/mol. The summed E-state index contributed by atoms with van der Waals surface area (Å²) in [6, 6.07) is 21.2. The van der Waals surface area contributed by atoms with Gasteiger partial charge in [-0.3, -0.25) is 0 Å². The molecule has 0 amide bonds. The van der Waals surface area contributed by atoms with Gasteiger partial charge in [0.25, 0.3) is 0 Å².